The smallest absolute Gasteiger partial charge is 0.323 e. The minimum Gasteiger partial charge on any atom is -0.465 e. The van der Waals surface area contributed by atoms with Crippen molar-refractivity contribution in [3.8, 4) is 0 Å². The molecule has 17 heavy (non-hydrogen) atoms. The van der Waals surface area contributed by atoms with Crippen molar-refractivity contribution < 1.29 is 14.6 Å². The number of aliphatic hydroxyl groups is 1. The molecule has 0 radical (unpaired) electrons. The molecular weight excluding hydrogens is 218 g/mol. The molecule has 2 atom stereocenters. The van der Waals surface area contributed by atoms with Gasteiger partial charge in [0.05, 0.1) is 12.7 Å². The Kier molecular flexibility index (Phi) is 7.21. The second kappa shape index (κ2) is 8.48. The summed E-state index contributed by atoms with van der Waals surface area (Å²) in [5, 5.41) is 12.2. The van der Waals surface area contributed by atoms with Crippen molar-refractivity contribution in [3.63, 3.8) is 0 Å². The number of β-amino-alcohol motifs (C(OH)–C–C–N with tert-alkyl or cyclic N) is 1. The Morgan fingerprint density at radius 2 is 2.00 bits per heavy atom. The number of hydrogen-bond acceptors (Lipinski definition) is 4. The predicted molar refractivity (Wildman–Crippen MR) is 66.7 cm³/mol. The Bertz CT molecular complexity index is 221. The molecule has 0 aliphatic carbocycles. The number of unbranched alkanes of at least 4 members (excludes halogenated alkanes) is 5. The third kappa shape index (κ3) is 6.03. The third-order valence-corrected chi connectivity index (χ3v) is 3.13. The minimum atomic E-state index is -0.401. The summed E-state index contributed by atoms with van der Waals surface area (Å²) in [6.07, 6.45) is 7.22. The first-order chi connectivity index (χ1) is 8.24. The van der Waals surface area contributed by atoms with Crippen LogP contribution in [0.4, 0.5) is 0 Å². The largest absolute Gasteiger partial charge is 0.465 e. The van der Waals surface area contributed by atoms with Gasteiger partial charge in [-0.25, -0.2) is 0 Å². The van der Waals surface area contributed by atoms with E-state index in [1.54, 1.807) is 0 Å². The van der Waals surface area contributed by atoms with Crippen LogP contribution in [0.1, 0.15) is 51.9 Å². The molecule has 0 spiro atoms. The topological polar surface area (TPSA) is 58.6 Å². The molecule has 2 N–H and O–H groups in total. The van der Waals surface area contributed by atoms with Gasteiger partial charge in [-0.3, -0.25) is 4.79 Å². The Labute approximate surface area is 104 Å². The fraction of sp³-hybridized carbons (Fsp3) is 0.923. The first-order valence-corrected chi connectivity index (χ1v) is 6.82. The van der Waals surface area contributed by atoms with Crippen molar-refractivity contribution in [1.82, 2.24) is 5.32 Å². The van der Waals surface area contributed by atoms with Crippen LogP contribution in [0.25, 0.3) is 0 Å². The van der Waals surface area contributed by atoms with Crippen LogP contribution in [0.5, 0.6) is 0 Å². The Morgan fingerprint density at radius 1 is 1.29 bits per heavy atom. The van der Waals surface area contributed by atoms with E-state index in [0.717, 1.165) is 12.8 Å². The molecular formula is C13H25NO3. The summed E-state index contributed by atoms with van der Waals surface area (Å²) in [4.78, 5) is 11.5. The number of aliphatic hydroxyl groups excluding tert-OH is 1. The van der Waals surface area contributed by atoms with Crippen LogP contribution in [-0.2, 0) is 9.53 Å². The number of ether oxygens (including phenoxy) is 1. The van der Waals surface area contributed by atoms with Crippen molar-refractivity contribution in [1.29, 1.82) is 0 Å². The van der Waals surface area contributed by atoms with Gasteiger partial charge in [0.2, 0.25) is 0 Å². The molecule has 0 aromatic heterocycles. The van der Waals surface area contributed by atoms with E-state index in [1.807, 2.05) is 0 Å². The zero-order valence-corrected chi connectivity index (χ0v) is 10.8. The zero-order valence-electron chi connectivity index (χ0n) is 10.8. The molecule has 1 aliphatic heterocycles. The van der Waals surface area contributed by atoms with Crippen LogP contribution in [0.2, 0.25) is 0 Å². The molecule has 0 amide bonds. The van der Waals surface area contributed by atoms with E-state index in [2.05, 4.69) is 12.2 Å². The quantitative estimate of drug-likeness (QED) is 0.502. The molecule has 0 aromatic rings. The van der Waals surface area contributed by atoms with E-state index < -0.39 is 6.10 Å². The van der Waals surface area contributed by atoms with E-state index in [9.17, 15) is 9.90 Å². The van der Waals surface area contributed by atoms with Gasteiger partial charge in [-0.1, -0.05) is 39.0 Å². The fourth-order valence-electron chi connectivity index (χ4n) is 2.05. The van der Waals surface area contributed by atoms with Gasteiger partial charge < -0.3 is 15.2 Å². The number of rotatable bonds is 8. The summed E-state index contributed by atoms with van der Waals surface area (Å²) in [7, 11) is 0. The van der Waals surface area contributed by atoms with Crippen molar-refractivity contribution in [2.75, 3.05) is 13.2 Å². The Hall–Kier alpha value is -0.610. The highest BCUT2D eigenvalue weighted by Gasteiger charge is 2.28. The van der Waals surface area contributed by atoms with Crippen molar-refractivity contribution >= 4 is 5.97 Å². The van der Waals surface area contributed by atoms with Crippen molar-refractivity contribution in [2.45, 2.75) is 64.0 Å². The second-order valence-electron chi connectivity index (χ2n) is 4.79. The van der Waals surface area contributed by atoms with Gasteiger partial charge in [0.25, 0.3) is 0 Å². The lowest BCUT2D eigenvalue weighted by molar-refractivity contribution is -0.146. The van der Waals surface area contributed by atoms with Gasteiger partial charge in [-0.2, -0.15) is 0 Å². The maximum Gasteiger partial charge on any atom is 0.323 e. The van der Waals surface area contributed by atoms with Crippen molar-refractivity contribution in [3.05, 3.63) is 0 Å². The molecule has 1 heterocycles. The van der Waals surface area contributed by atoms with E-state index in [-0.39, 0.29) is 12.0 Å². The van der Waals surface area contributed by atoms with Gasteiger partial charge in [0.15, 0.2) is 0 Å². The zero-order chi connectivity index (χ0) is 12.5. The average molecular weight is 243 g/mol. The van der Waals surface area contributed by atoms with Crippen LogP contribution < -0.4 is 5.32 Å². The van der Waals surface area contributed by atoms with Crippen LogP contribution >= 0.6 is 0 Å². The lowest BCUT2D eigenvalue weighted by Gasteiger charge is -2.09. The fourth-order valence-corrected chi connectivity index (χ4v) is 2.05. The molecule has 0 saturated carbocycles. The summed E-state index contributed by atoms with van der Waals surface area (Å²) in [5.74, 6) is -0.213. The summed E-state index contributed by atoms with van der Waals surface area (Å²) < 4.78 is 5.17. The number of carbonyl (C=O) groups excluding carboxylic acids is 1. The normalized spacial score (nSPS) is 23.9. The number of hydrogen-bond donors (Lipinski definition) is 2. The highest BCUT2D eigenvalue weighted by Crippen LogP contribution is 2.09. The lowest BCUT2D eigenvalue weighted by atomic mass is 10.1. The van der Waals surface area contributed by atoms with Crippen LogP contribution in [-0.4, -0.2) is 36.4 Å². The maximum atomic E-state index is 11.5. The van der Waals surface area contributed by atoms with Gasteiger partial charge in [0, 0.05) is 13.0 Å². The van der Waals surface area contributed by atoms with Gasteiger partial charge in [0.1, 0.15) is 6.04 Å². The number of esters is 1. The molecule has 0 bridgehead atoms. The lowest BCUT2D eigenvalue weighted by Crippen LogP contribution is -2.32. The molecule has 4 nitrogen and oxygen atoms in total. The highest BCUT2D eigenvalue weighted by atomic mass is 16.5. The molecule has 1 aliphatic rings. The standard InChI is InChI=1S/C13H25NO3/c1-2-3-4-5-6-7-8-17-13(16)12-9-11(15)10-14-12/h11-12,14-15H,2-10H2,1H3/t11?,12-/m0/s1. The van der Waals surface area contributed by atoms with E-state index in [0.29, 0.717) is 19.6 Å². The number of nitrogens with one attached hydrogen (secondary N) is 1. The Morgan fingerprint density at radius 3 is 2.65 bits per heavy atom. The molecule has 4 heteroatoms. The molecule has 1 unspecified atom stereocenters. The SMILES string of the molecule is CCCCCCCCOC(=O)[C@@H]1CC(O)CN1. The summed E-state index contributed by atoms with van der Waals surface area (Å²) in [6.45, 7) is 3.21. The first-order valence-electron chi connectivity index (χ1n) is 6.82. The monoisotopic (exact) mass is 243 g/mol. The summed E-state index contributed by atoms with van der Waals surface area (Å²) in [6, 6.07) is -0.301. The Balaban J connectivity index is 1.93. The average Bonchev–Trinajstić information content (AvgIpc) is 2.74. The predicted octanol–water partition coefficient (Wildman–Crippen LogP) is 1.61. The van der Waals surface area contributed by atoms with Gasteiger partial charge in [-0.15, -0.1) is 0 Å². The van der Waals surface area contributed by atoms with Gasteiger partial charge in [-0.05, 0) is 6.42 Å². The summed E-state index contributed by atoms with van der Waals surface area (Å²) >= 11 is 0. The second-order valence-corrected chi connectivity index (χ2v) is 4.79. The first kappa shape index (κ1) is 14.5. The minimum absolute atomic E-state index is 0.213. The van der Waals surface area contributed by atoms with E-state index in [4.69, 9.17) is 4.74 Å². The molecule has 100 valence electrons. The molecule has 1 saturated heterocycles. The third-order valence-electron chi connectivity index (χ3n) is 3.13. The van der Waals surface area contributed by atoms with E-state index >= 15 is 0 Å². The molecule has 1 fully saturated rings. The number of carbonyl (C=O) groups is 1. The van der Waals surface area contributed by atoms with Crippen LogP contribution in [0.15, 0.2) is 0 Å². The van der Waals surface area contributed by atoms with Crippen LogP contribution in [0.3, 0.4) is 0 Å². The molecule has 0 aromatic carbocycles. The van der Waals surface area contributed by atoms with Crippen LogP contribution in [0, 0.1) is 0 Å². The van der Waals surface area contributed by atoms with Gasteiger partial charge >= 0.3 is 5.97 Å². The highest BCUT2D eigenvalue weighted by molar-refractivity contribution is 5.76. The van der Waals surface area contributed by atoms with E-state index in [1.165, 1.54) is 25.7 Å². The maximum absolute atomic E-state index is 11.5. The molecule has 1 rings (SSSR count). The summed E-state index contributed by atoms with van der Waals surface area (Å²) in [5.41, 5.74) is 0. The van der Waals surface area contributed by atoms with Crippen molar-refractivity contribution in [2.24, 2.45) is 0 Å².